The van der Waals surface area contributed by atoms with Gasteiger partial charge in [-0.15, -0.1) is 0 Å². The highest BCUT2D eigenvalue weighted by molar-refractivity contribution is 14.1. The van der Waals surface area contributed by atoms with Crippen LogP contribution in [0.5, 0.6) is 0 Å². The van der Waals surface area contributed by atoms with E-state index in [1.54, 1.807) is 12.1 Å². The molecule has 1 unspecified atom stereocenters. The summed E-state index contributed by atoms with van der Waals surface area (Å²) in [6.45, 7) is 0. The molecule has 1 atom stereocenters. The van der Waals surface area contributed by atoms with Crippen molar-refractivity contribution >= 4 is 34.2 Å². The fraction of sp³-hybridized carbons (Fsp3) is 0.455. The summed E-state index contributed by atoms with van der Waals surface area (Å²) in [6.07, 6.45) is -4.59. The highest BCUT2D eigenvalue weighted by Crippen LogP contribution is 2.29. The van der Waals surface area contributed by atoms with E-state index in [0.717, 1.165) is 9.13 Å². The lowest BCUT2D eigenvalue weighted by molar-refractivity contribution is -0.135. The van der Waals surface area contributed by atoms with Crippen molar-refractivity contribution in [3.63, 3.8) is 0 Å². The molecule has 1 aromatic rings. The number of halogens is 5. The molecule has 0 saturated heterocycles. The van der Waals surface area contributed by atoms with Crippen LogP contribution in [0.2, 0.25) is 5.02 Å². The molecule has 0 heterocycles. The van der Waals surface area contributed by atoms with E-state index in [2.05, 4.69) is 28.0 Å². The molecular weight excluding hydrogens is 379 g/mol. The SMILES string of the molecule is NNC(CCCC(F)(F)F)c1cc(Cl)ccc1I. The molecule has 0 amide bonds. The first-order valence-electron chi connectivity index (χ1n) is 5.31. The molecule has 0 radical (unpaired) electrons. The summed E-state index contributed by atoms with van der Waals surface area (Å²) in [6, 6.07) is 4.95. The van der Waals surface area contributed by atoms with Crippen LogP contribution >= 0.6 is 34.2 Å². The third-order valence-corrected chi connectivity index (χ3v) is 3.71. The maximum Gasteiger partial charge on any atom is 0.389 e. The number of nitrogens with one attached hydrogen (secondary N) is 1. The van der Waals surface area contributed by atoms with E-state index in [9.17, 15) is 13.2 Å². The van der Waals surface area contributed by atoms with Crippen molar-refractivity contribution in [2.75, 3.05) is 0 Å². The number of hydrogen-bond donors (Lipinski definition) is 2. The van der Waals surface area contributed by atoms with Gasteiger partial charge in [0.1, 0.15) is 0 Å². The predicted octanol–water partition coefficient (Wildman–Crippen LogP) is 4.18. The Morgan fingerprint density at radius 3 is 2.61 bits per heavy atom. The lowest BCUT2D eigenvalue weighted by Crippen LogP contribution is -2.29. The van der Waals surface area contributed by atoms with Crippen LogP contribution in [-0.4, -0.2) is 6.18 Å². The van der Waals surface area contributed by atoms with Crippen LogP contribution in [0.3, 0.4) is 0 Å². The number of alkyl halides is 3. The monoisotopic (exact) mass is 392 g/mol. The molecule has 0 spiro atoms. The first kappa shape index (κ1) is 16.0. The average Bonchev–Trinajstić information content (AvgIpc) is 2.27. The standard InChI is InChI=1S/C11H13ClF3IN2/c12-7-3-4-9(16)8(6-7)10(18-17)2-1-5-11(13,14)15/h3-4,6,10,18H,1-2,5,17H2. The molecule has 0 aliphatic heterocycles. The zero-order valence-corrected chi connectivity index (χ0v) is 12.3. The van der Waals surface area contributed by atoms with E-state index in [1.165, 1.54) is 0 Å². The fourth-order valence-electron chi connectivity index (χ4n) is 1.62. The van der Waals surface area contributed by atoms with Gasteiger partial charge < -0.3 is 0 Å². The fourth-order valence-corrected chi connectivity index (χ4v) is 2.51. The Balaban J connectivity index is 2.68. The van der Waals surface area contributed by atoms with Crippen LogP contribution in [0.15, 0.2) is 18.2 Å². The Bertz CT molecular complexity index is 398. The van der Waals surface area contributed by atoms with Crippen LogP contribution in [-0.2, 0) is 0 Å². The Labute approximate surface area is 122 Å². The molecule has 0 aliphatic rings. The predicted molar refractivity (Wildman–Crippen MR) is 74.1 cm³/mol. The molecule has 0 bridgehead atoms. The Morgan fingerprint density at radius 2 is 2.06 bits per heavy atom. The van der Waals surface area contributed by atoms with Crippen molar-refractivity contribution in [3.8, 4) is 0 Å². The van der Waals surface area contributed by atoms with E-state index in [0.29, 0.717) is 11.4 Å². The highest BCUT2D eigenvalue weighted by atomic mass is 127. The van der Waals surface area contributed by atoms with Gasteiger partial charge in [0.15, 0.2) is 0 Å². The summed E-state index contributed by atoms with van der Waals surface area (Å²) < 4.78 is 37.2. The summed E-state index contributed by atoms with van der Waals surface area (Å²) >= 11 is 7.98. The van der Waals surface area contributed by atoms with Crippen molar-refractivity contribution < 1.29 is 13.2 Å². The van der Waals surface area contributed by atoms with Gasteiger partial charge in [-0.3, -0.25) is 11.3 Å². The van der Waals surface area contributed by atoms with Crippen molar-refractivity contribution in [1.82, 2.24) is 5.43 Å². The van der Waals surface area contributed by atoms with Crippen molar-refractivity contribution in [3.05, 3.63) is 32.4 Å². The average molecular weight is 393 g/mol. The van der Waals surface area contributed by atoms with Gasteiger partial charge >= 0.3 is 6.18 Å². The Hall–Kier alpha value is -0.0500. The second-order valence-corrected chi connectivity index (χ2v) is 5.49. The minimum Gasteiger partial charge on any atom is -0.271 e. The van der Waals surface area contributed by atoms with Gasteiger partial charge in [0.25, 0.3) is 0 Å². The van der Waals surface area contributed by atoms with Gasteiger partial charge in [0, 0.05) is 21.1 Å². The number of rotatable bonds is 5. The Kier molecular flexibility index (Phi) is 6.16. The molecule has 2 nitrogen and oxygen atoms in total. The normalized spacial score (nSPS) is 13.7. The van der Waals surface area contributed by atoms with Crippen LogP contribution in [0.1, 0.15) is 30.9 Å². The zero-order valence-electron chi connectivity index (χ0n) is 9.40. The van der Waals surface area contributed by atoms with E-state index in [1.807, 2.05) is 6.07 Å². The van der Waals surface area contributed by atoms with E-state index >= 15 is 0 Å². The lowest BCUT2D eigenvalue weighted by Gasteiger charge is -2.18. The van der Waals surface area contributed by atoms with E-state index < -0.39 is 12.6 Å². The van der Waals surface area contributed by atoms with Crippen LogP contribution in [0.4, 0.5) is 13.2 Å². The zero-order chi connectivity index (χ0) is 13.8. The summed E-state index contributed by atoms with van der Waals surface area (Å²) in [7, 11) is 0. The largest absolute Gasteiger partial charge is 0.389 e. The second kappa shape index (κ2) is 6.93. The summed E-state index contributed by atoms with van der Waals surface area (Å²) in [5.41, 5.74) is 3.37. The van der Waals surface area contributed by atoms with E-state index in [4.69, 9.17) is 17.4 Å². The van der Waals surface area contributed by atoms with Gasteiger partial charge in [0.2, 0.25) is 0 Å². The molecule has 0 fully saturated rings. The molecular formula is C11H13ClF3IN2. The number of hydrazine groups is 1. The van der Waals surface area contributed by atoms with Crippen molar-refractivity contribution in [1.29, 1.82) is 0 Å². The van der Waals surface area contributed by atoms with Gasteiger partial charge in [-0.2, -0.15) is 13.2 Å². The van der Waals surface area contributed by atoms with Gasteiger partial charge in [-0.05, 0) is 59.2 Å². The highest BCUT2D eigenvalue weighted by Gasteiger charge is 2.27. The van der Waals surface area contributed by atoms with E-state index in [-0.39, 0.29) is 12.5 Å². The molecule has 102 valence electrons. The summed E-state index contributed by atoms with van der Waals surface area (Å²) in [5.74, 6) is 5.40. The van der Waals surface area contributed by atoms with Crippen molar-refractivity contribution in [2.45, 2.75) is 31.5 Å². The van der Waals surface area contributed by atoms with Crippen molar-refractivity contribution in [2.24, 2.45) is 5.84 Å². The van der Waals surface area contributed by atoms with Gasteiger partial charge in [-0.25, -0.2) is 0 Å². The first-order valence-corrected chi connectivity index (χ1v) is 6.77. The van der Waals surface area contributed by atoms with Crippen LogP contribution in [0, 0.1) is 3.57 Å². The molecule has 0 saturated carbocycles. The van der Waals surface area contributed by atoms with Crippen LogP contribution < -0.4 is 11.3 Å². The van der Waals surface area contributed by atoms with Crippen LogP contribution in [0.25, 0.3) is 0 Å². The molecule has 0 aliphatic carbocycles. The number of benzene rings is 1. The minimum atomic E-state index is -4.12. The third-order valence-electron chi connectivity index (χ3n) is 2.49. The third kappa shape index (κ3) is 5.29. The molecule has 7 heteroatoms. The summed E-state index contributed by atoms with van der Waals surface area (Å²) in [4.78, 5) is 0. The first-order chi connectivity index (χ1) is 8.33. The lowest BCUT2D eigenvalue weighted by atomic mass is 10.0. The maximum absolute atomic E-state index is 12.1. The molecule has 18 heavy (non-hydrogen) atoms. The second-order valence-electron chi connectivity index (χ2n) is 3.89. The maximum atomic E-state index is 12.1. The topological polar surface area (TPSA) is 38.0 Å². The van der Waals surface area contributed by atoms with Gasteiger partial charge in [-0.1, -0.05) is 11.6 Å². The molecule has 3 N–H and O–H groups in total. The smallest absolute Gasteiger partial charge is 0.271 e. The molecule has 1 aromatic carbocycles. The number of nitrogens with two attached hydrogens (primary N) is 1. The summed E-state index contributed by atoms with van der Waals surface area (Å²) in [5, 5.41) is 0.543. The Morgan fingerprint density at radius 1 is 1.39 bits per heavy atom. The molecule has 1 rings (SSSR count). The number of hydrogen-bond acceptors (Lipinski definition) is 2. The quantitative estimate of drug-likeness (QED) is 0.448. The van der Waals surface area contributed by atoms with Gasteiger partial charge in [0.05, 0.1) is 0 Å². The minimum absolute atomic E-state index is 0.0287. The molecule has 0 aromatic heterocycles.